The number of piperazine rings is 1. The second-order valence-corrected chi connectivity index (χ2v) is 9.23. The van der Waals surface area contributed by atoms with E-state index in [1.807, 2.05) is 36.4 Å². The van der Waals surface area contributed by atoms with E-state index < -0.39 is 0 Å². The molecular formula is C27H28N2O2S. The molecule has 5 heteroatoms. The summed E-state index contributed by atoms with van der Waals surface area (Å²) in [6.45, 7) is 5.76. The molecule has 4 aromatic rings. The average Bonchev–Trinajstić information content (AvgIpc) is 3.28. The number of hydrogen-bond donors (Lipinski definition) is 1. The van der Waals surface area contributed by atoms with E-state index in [9.17, 15) is 5.11 Å². The highest BCUT2D eigenvalue weighted by atomic mass is 32.2. The van der Waals surface area contributed by atoms with Crippen LogP contribution in [0.25, 0.3) is 22.3 Å². The van der Waals surface area contributed by atoms with Gasteiger partial charge in [-0.1, -0.05) is 42.5 Å². The summed E-state index contributed by atoms with van der Waals surface area (Å²) in [5.74, 6) is 1.18. The molecule has 2 heterocycles. The van der Waals surface area contributed by atoms with Crippen LogP contribution in [0.1, 0.15) is 11.1 Å². The third-order valence-electron chi connectivity index (χ3n) is 6.26. The summed E-state index contributed by atoms with van der Waals surface area (Å²) in [6, 6.07) is 24.7. The lowest BCUT2D eigenvalue weighted by molar-refractivity contribution is 0.121. The van der Waals surface area contributed by atoms with E-state index in [2.05, 4.69) is 46.4 Å². The largest absolute Gasteiger partial charge is 0.508 e. The second kappa shape index (κ2) is 9.41. The van der Waals surface area contributed by atoms with Crippen LogP contribution < -0.4 is 0 Å². The molecule has 1 aliphatic heterocycles. The Hall–Kier alpha value is -2.73. The van der Waals surface area contributed by atoms with Crippen LogP contribution in [0, 0.1) is 0 Å². The highest BCUT2D eigenvalue weighted by molar-refractivity contribution is 7.98. The number of phenols is 1. The van der Waals surface area contributed by atoms with Crippen molar-refractivity contribution in [2.45, 2.75) is 18.0 Å². The number of aromatic hydroxyl groups is 1. The van der Waals surface area contributed by atoms with Crippen molar-refractivity contribution >= 4 is 22.7 Å². The summed E-state index contributed by atoms with van der Waals surface area (Å²) < 4.78 is 6.10. The fourth-order valence-corrected chi connectivity index (χ4v) is 4.80. The minimum absolute atomic E-state index is 0.342. The molecule has 5 rings (SSSR count). The van der Waals surface area contributed by atoms with Crippen LogP contribution in [0.15, 0.2) is 82.1 Å². The Morgan fingerprint density at radius 1 is 0.844 bits per heavy atom. The molecule has 32 heavy (non-hydrogen) atoms. The monoisotopic (exact) mass is 444 g/mol. The molecule has 0 unspecified atom stereocenters. The Kier molecular flexibility index (Phi) is 6.21. The van der Waals surface area contributed by atoms with Gasteiger partial charge in [-0.15, -0.1) is 11.8 Å². The van der Waals surface area contributed by atoms with Gasteiger partial charge in [0.05, 0.1) is 0 Å². The van der Waals surface area contributed by atoms with Gasteiger partial charge in [0.1, 0.15) is 17.1 Å². The molecule has 0 spiro atoms. The quantitative estimate of drug-likeness (QED) is 0.378. The van der Waals surface area contributed by atoms with Crippen LogP contribution in [-0.4, -0.2) is 47.3 Å². The topological polar surface area (TPSA) is 39.9 Å². The van der Waals surface area contributed by atoms with Crippen molar-refractivity contribution in [3.05, 3.63) is 83.9 Å². The lowest BCUT2D eigenvalue weighted by Crippen LogP contribution is -2.45. The molecule has 1 N–H and O–H groups in total. The zero-order valence-corrected chi connectivity index (χ0v) is 19.1. The normalized spacial score (nSPS) is 15.4. The van der Waals surface area contributed by atoms with Crippen LogP contribution in [0.5, 0.6) is 5.75 Å². The van der Waals surface area contributed by atoms with Crippen molar-refractivity contribution in [1.29, 1.82) is 0 Å². The van der Waals surface area contributed by atoms with Crippen LogP contribution >= 0.6 is 11.8 Å². The predicted octanol–water partition coefficient (Wildman–Crippen LogP) is 5.85. The smallest absolute Gasteiger partial charge is 0.135 e. The Bertz CT molecular complexity index is 1180. The van der Waals surface area contributed by atoms with E-state index in [-0.39, 0.29) is 0 Å². The molecule has 1 saturated heterocycles. The number of benzene rings is 3. The van der Waals surface area contributed by atoms with Crippen molar-refractivity contribution in [2.24, 2.45) is 0 Å². The molecule has 0 saturated carbocycles. The van der Waals surface area contributed by atoms with Crippen LogP contribution in [-0.2, 0) is 13.1 Å². The van der Waals surface area contributed by atoms with E-state index in [0.717, 1.165) is 67.1 Å². The maximum Gasteiger partial charge on any atom is 0.135 e. The standard InChI is InChI=1S/C27H28N2O2S/c1-32-22-9-7-20(8-10-22)18-28-13-15-29(16-14-28)19-24-23-17-27(21-5-3-2-4-6-21)31-26(23)12-11-25(24)30/h2-12,17,30H,13-16,18-19H2,1H3. The SMILES string of the molecule is CSc1ccc(CN2CCN(Cc3c(O)ccc4oc(-c5ccccc5)cc34)CC2)cc1. The van der Waals surface area contributed by atoms with Crippen LogP contribution in [0.2, 0.25) is 0 Å². The average molecular weight is 445 g/mol. The summed E-state index contributed by atoms with van der Waals surface area (Å²) in [5.41, 5.74) is 4.19. The van der Waals surface area contributed by atoms with Gasteiger partial charge in [-0.2, -0.15) is 0 Å². The number of furan rings is 1. The van der Waals surface area contributed by atoms with Crippen molar-refractivity contribution in [3.8, 4) is 17.1 Å². The highest BCUT2D eigenvalue weighted by Gasteiger charge is 2.20. The molecule has 0 radical (unpaired) electrons. The second-order valence-electron chi connectivity index (χ2n) is 8.35. The molecule has 164 valence electrons. The molecular weight excluding hydrogens is 416 g/mol. The van der Waals surface area contributed by atoms with Gasteiger partial charge in [0, 0.05) is 60.7 Å². The van der Waals surface area contributed by atoms with E-state index >= 15 is 0 Å². The van der Waals surface area contributed by atoms with Gasteiger partial charge in [-0.3, -0.25) is 9.80 Å². The van der Waals surface area contributed by atoms with Gasteiger partial charge in [0.25, 0.3) is 0 Å². The first-order valence-corrected chi connectivity index (χ1v) is 12.3. The molecule has 1 aromatic heterocycles. The first kappa shape index (κ1) is 21.1. The Morgan fingerprint density at radius 2 is 1.53 bits per heavy atom. The van der Waals surface area contributed by atoms with Gasteiger partial charge >= 0.3 is 0 Å². The fourth-order valence-electron chi connectivity index (χ4n) is 4.39. The maximum atomic E-state index is 10.6. The zero-order chi connectivity index (χ0) is 21.9. The molecule has 1 aliphatic rings. The highest BCUT2D eigenvalue weighted by Crippen LogP contribution is 2.34. The summed E-state index contributed by atoms with van der Waals surface area (Å²) in [7, 11) is 0. The summed E-state index contributed by atoms with van der Waals surface area (Å²) >= 11 is 1.78. The summed E-state index contributed by atoms with van der Waals surface area (Å²) in [4.78, 5) is 6.25. The molecule has 4 nitrogen and oxygen atoms in total. The van der Waals surface area contributed by atoms with Gasteiger partial charge in [-0.05, 0) is 42.2 Å². The zero-order valence-electron chi connectivity index (χ0n) is 18.3. The lowest BCUT2D eigenvalue weighted by atomic mass is 10.1. The summed E-state index contributed by atoms with van der Waals surface area (Å²) in [6.07, 6.45) is 2.11. The number of phenolic OH excluding ortho intramolecular Hbond substituents is 1. The number of nitrogens with zero attached hydrogens (tertiary/aromatic N) is 2. The van der Waals surface area contributed by atoms with Crippen LogP contribution in [0.4, 0.5) is 0 Å². The van der Waals surface area contributed by atoms with E-state index in [1.165, 1.54) is 10.5 Å². The third kappa shape index (κ3) is 4.56. The number of rotatable bonds is 6. The van der Waals surface area contributed by atoms with Crippen molar-refractivity contribution in [1.82, 2.24) is 9.80 Å². The Balaban J connectivity index is 1.27. The van der Waals surface area contributed by atoms with Gasteiger partial charge in [-0.25, -0.2) is 0 Å². The molecule has 0 aliphatic carbocycles. The van der Waals surface area contributed by atoms with Crippen molar-refractivity contribution in [3.63, 3.8) is 0 Å². The minimum atomic E-state index is 0.342. The predicted molar refractivity (Wildman–Crippen MR) is 132 cm³/mol. The third-order valence-corrected chi connectivity index (χ3v) is 7.00. The number of hydrogen-bond acceptors (Lipinski definition) is 5. The van der Waals surface area contributed by atoms with E-state index in [0.29, 0.717) is 5.75 Å². The molecule has 0 bridgehead atoms. The van der Waals surface area contributed by atoms with Crippen molar-refractivity contribution in [2.75, 3.05) is 32.4 Å². The van der Waals surface area contributed by atoms with Gasteiger partial charge < -0.3 is 9.52 Å². The maximum absolute atomic E-state index is 10.6. The van der Waals surface area contributed by atoms with Crippen LogP contribution in [0.3, 0.4) is 0 Å². The first-order valence-electron chi connectivity index (χ1n) is 11.1. The molecule has 0 amide bonds. The van der Waals surface area contributed by atoms with Gasteiger partial charge in [0.2, 0.25) is 0 Å². The minimum Gasteiger partial charge on any atom is -0.508 e. The van der Waals surface area contributed by atoms with Gasteiger partial charge in [0.15, 0.2) is 0 Å². The molecule has 0 atom stereocenters. The lowest BCUT2D eigenvalue weighted by Gasteiger charge is -2.35. The number of fused-ring (bicyclic) bond motifs is 1. The molecule has 1 fully saturated rings. The summed E-state index contributed by atoms with van der Waals surface area (Å²) in [5, 5.41) is 11.6. The number of thioether (sulfide) groups is 1. The Morgan fingerprint density at radius 3 is 2.22 bits per heavy atom. The van der Waals surface area contributed by atoms with E-state index in [4.69, 9.17) is 4.42 Å². The van der Waals surface area contributed by atoms with E-state index in [1.54, 1.807) is 17.8 Å². The molecule has 3 aromatic carbocycles. The Labute approximate surface area is 193 Å². The fraction of sp³-hybridized carbons (Fsp3) is 0.259. The first-order chi connectivity index (χ1) is 15.7. The van der Waals surface area contributed by atoms with Crippen molar-refractivity contribution < 1.29 is 9.52 Å².